The Balaban J connectivity index is 1.87. The van der Waals surface area contributed by atoms with E-state index in [9.17, 15) is 14.3 Å². The SMILES string of the molecule is CC(C)c1c([C@@H]2CO[C@@](C)(C(=O)O)C2)c2c(F)c3[nH]ncc3cc2n1-c1ccc(F)cc1. The molecule has 0 spiro atoms. The highest BCUT2D eigenvalue weighted by Gasteiger charge is 2.45. The first-order chi connectivity index (χ1) is 15.2. The largest absolute Gasteiger partial charge is 0.479 e. The molecule has 2 N–H and O–H groups in total. The van der Waals surface area contributed by atoms with Crippen molar-refractivity contribution >= 4 is 27.8 Å². The molecule has 0 radical (unpaired) electrons. The van der Waals surface area contributed by atoms with Crippen LogP contribution in [0.15, 0.2) is 36.5 Å². The molecule has 1 fully saturated rings. The summed E-state index contributed by atoms with van der Waals surface area (Å²) in [6.07, 6.45) is 1.79. The highest BCUT2D eigenvalue weighted by Crippen LogP contribution is 2.46. The molecule has 6 nitrogen and oxygen atoms in total. The molecule has 0 amide bonds. The van der Waals surface area contributed by atoms with Crippen molar-refractivity contribution in [3.05, 3.63) is 59.4 Å². The Hall–Kier alpha value is -3.26. The molecular formula is C24H23F2N3O3. The first-order valence-electron chi connectivity index (χ1n) is 10.5. The average molecular weight is 439 g/mol. The van der Waals surface area contributed by atoms with E-state index >= 15 is 4.39 Å². The third-order valence-electron chi connectivity index (χ3n) is 6.41. The molecule has 32 heavy (non-hydrogen) atoms. The number of halogens is 2. The van der Waals surface area contributed by atoms with Crippen LogP contribution < -0.4 is 0 Å². The van der Waals surface area contributed by atoms with Gasteiger partial charge in [-0.3, -0.25) is 5.10 Å². The Bertz CT molecular complexity index is 1360. The number of hydrogen-bond donors (Lipinski definition) is 2. The molecule has 2 aromatic heterocycles. The van der Waals surface area contributed by atoms with Gasteiger partial charge in [0, 0.05) is 28.1 Å². The molecule has 0 aliphatic carbocycles. The van der Waals surface area contributed by atoms with Gasteiger partial charge in [0.2, 0.25) is 0 Å². The van der Waals surface area contributed by atoms with Crippen LogP contribution in [-0.4, -0.2) is 38.0 Å². The molecule has 0 bridgehead atoms. The number of rotatable bonds is 4. The minimum absolute atomic E-state index is 0.0185. The Morgan fingerprint density at radius 3 is 2.66 bits per heavy atom. The van der Waals surface area contributed by atoms with Crippen molar-refractivity contribution in [2.75, 3.05) is 6.61 Å². The van der Waals surface area contributed by atoms with E-state index in [1.165, 1.54) is 12.1 Å². The fourth-order valence-corrected chi connectivity index (χ4v) is 4.91. The van der Waals surface area contributed by atoms with Crippen molar-refractivity contribution in [3.63, 3.8) is 0 Å². The zero-order valence-corrected chi connectivity index (χ0v) is 17.9. The number of carboxylic acids is 1. The highest BCUT2D eigenvalue weighted by atomic mass is 19.1. The van der Waals surface area contributed by atoms with Gasteiger partial charge in [0.1, 0.15) is 11.3 Å². The molecule has 0 saturated carbocycles. The highest BCUT2D eigenvalue weighted by molar-refractivity contribution is 6.00. The molecule has 3 heterocycles. The average Bonchev–Trinajstić information content (AvgIpc) is 3.45. The molecule has 2 aromatic carbocycles. The van der Waals surface area contributed by atoms with Crippen LogP contribution in [0.2, 0.25) is 0 Å². The predicted octanol–water partition coefficient (Wildman–Crippen LogP) is 5.26. The second-order valence-electron chi connectivity index (χ2n) is 8.93. The minimum Gasteiger partial charge on any atom is -0.479 e. The minimum atomic E-state index is -1.34. The van der Waals surface area contributed by atoms with Gasteiger partial charge in [-0.1, -0.05) is 13.8 Å². The number of aromatic nitrogens is 3. The molecule has 4 aromatic rings. The van der Waals surface area contributed by atoms with E-state index in [-0.39, 0.29) is 30.7 Å². The van der Waals surface area contributed by atoms with Gasteiger partial charge in [-0.05, 0) is 55.2 Å². The topological polar surface area (TPSA) is 80.1 Å². The van der Waals surface area contributed by atoms with Crippen LogP contribution in [0.25, 0.3) is 27.5 Å². The summed E-state index contributed by atoms with van der Waals surface area (Å²) in [5.74, 6) is -2.16. The van der Waals surface area contributed by atoms with E-state index in [1.807, 2.05) is 24.5 Å². The quantitative estimate of drug-likeness (QED) is 0.455. The summed E-state index contributed by atoms with van der Waals surface area (Å²) in [6.45, 7) is 5.74. The number of fused-ring (bicyclic) bond motifs is 2. The molecular weight excluding hydrogens is 416 g/mol. The van der Waals surface area contributed by atoms with Gasteiger partial charge in [-0.15, -0.1) is 0 Å². The van der Waals surface area contributed by atoms with E-state index in [0.29, 0.717) is 27.5 Å². The molecule has 1 aliphatic heterocycles. The smallest absolute Gasteiger partial charge is 0.335 e. The van der Waals surface area contributed by atoms with Crippen LogP contribution >= 0.6 is 0 Å². The summed E-state index contributed by atoms with van der Waals surface area (Å²) < 4.78 is 37.2. The van der Waals surface area contributed by atoms with E-state index < -0.39 is 17.4 Å². The van der Waals surface area contributed by atoms with Crippen molar-refractivity contribution in [1.29, 1.82) is 0 Å². The second kappa shape index (κ2) is 7.13. The molecule has 0 unspecified atom stereocenters. The molecule has 5 rings (SSSR count). The lowest BCUT2D eigenvalue weighted by molar-refractivity contribution is -0.157. The van der Waals surface area contributed by atoms with Crippen molar-refractivity contribution in [2.45, 2.75) is 44.6 Å². The van der Waals surface area contributed by atoms with Gasteiger partial charge >= 0.3 is 5.97 Å². The van der Waals surface area contributed by atoms with Crippen LogP contribution in [0.1, 0.15) is 50.3 Å². The number of H-pyrrole nitrogens is 1. The lowest BCUT2D eigenvalue weighted by Gasteiger charge is -2.19. The predicted molar refractivity (Wildman–Crippen MR) is 116 cm³/mol. The lowest BCUT2D eigenvalue weighted by atomic mass is 9.86. The van der Waals surface area contributed by atoms with E-state index in [1.54, 1.807) is 25.3 Å². The molecule has 2 atom stereocenters. The number of ether oxygens (including phenoxy) is 1. The molecule has 166 valence electrons. The summed E-state index contributed by atoms with van der Waals surface area (Å²) in [5.41, 5.74) is 1.88. The third-order valence-corrected chi connectivity index (χ3v) is 6.41. The first-order valence-corrected chi connectivity index (χ1v) is 10.5. The van der Waals surface area contributed by atoms with Gasteiger partial charge in [0.05, 0.1) is 18.3 Å². The first kappa shape index (κ1) is 20.6. The zero-order chi connectivity index (χ0) is 22.8. The normalized spacial score (nSPS) is 21.2. The second-order valence-corrected chi connectivity index (χ2v) is 8.93. The fourth-order valence-electron chi connectivity index (χ4n) is 4.91. The van der Waals surface area contributed by atoms with Crippen LogP contribution in [-0.2, 0) is 9.53 Å². The summed E-state index contributed by atoms with van der Waals surface area (Å²) in [5, 5.41) is 17.4. The number of nitrogens with zero attached hydrogens (tertiary/aromatic N) is 2. The molecule has 1 saturated heterocycles. The number of aromatic amines is 1. The number of benzene rings is 2. The van der Waals surface area contributed by atoms with Crippen molar-refractivity contribution in [3.8, 4) is 5.69 Å². The van der Waals surface area contributed by atoms with Gasteiger partial charge < -0.3 is 14.4 Å². The number of aliphatic carboxylic acids is 1. The summed E-state index contributed by atoms with van der Waals surface area (Å²) in [4.78, 5) is 11.8. The standard InChI is InChI=1S/C24H23F2N3O3/c1-12(2)22-18(14-9-24(3,23(30)31)32-11-14)19-17(8-13-10-27-28-21(13)20(19)26)29(22)16-6-4-15(25)5-7-16/h4-8,10,12,14H,9,11H2,1-3H3,(H,27,28)(H,30,31)/t14-,24+/m0/s1. The summed E-state index contributed by atoms with van der Waals surface area (Å²) in [7, 11) is 0. The maximum atomic E-state index is 15.9. The van der Waals surface area contributed by atoms with E-state index in [4.69, 9.17) is 4.74 Å². The Kier molecular flexibility index (Phi) is 4.60. The Labute approximate surface area is 182 Å². The van der Waals surface area contributed by atoms with Crippen molar-refractivity contribution < 1.29 is 23.4 Å². The summed E-state index contributed by atoms with van der Waals surface area (Å²) in [6, 6.07) is 7.93. The van der Waals surface area contributed by atoms with Crippen LogP contribution in [0.4, 0.5) is 8.78 Å². The Morgan fingerprint density at radius 2 is 2.03 bits per heavy atom. The molecule has 8 heteroatoms. The maximum absolute atomic E-state index is 15.9. The van der Waals surface area contributed by atoms with E-state index in [0.717, 1.165) is 11.3 Å². The number of hydrogen-bond acceptors (Lipinski definition) is 3. The van der Waals surface area contributed by atoms with Crippen molar-refractivity contribution in [1.82, 2.24) is 14.8 Å². The number of carboxylic acid groups (broad SMARTS) is 1. The maximum Gasteiger partial charge on any atom is 0.335 e. The monoisotopic (exact) mass is 439 g/mol. The number of nitrogens with one attached hydrogen (secondary N) is 1. The van der Waals surface area contributed by atoms with Crippen LogP contribution in [0.3, 0.4) is 0 Å². The molecule has 1 aliphatic rings. The van der Waals surface area contributed by atoms with Crippen molar-refractivity contribution in [2.24, 2.45) is 0 Å². The lowest BCUT2D eigenvalue weighted by Crippen LogP contribution is -2.34. The van der Waals surface area contributed by atoms with E-state index in [2.05, 4.69) is 10.2 Å². The van der Waals surface area contributed by atoms with Crippen LogP contribution in [0, 0.1) is 11.6 Å². The fraction of sp³-hybridized carbons (Fsp3) is 0.333. The zero-order valence-electron chi connectivity index (χ0n) is 17.9. The third kappa shape index (κ3) is 2.93. The Morgan fingerprint density at radius 1 is 1.31 bits per heavy atom. The van der Waals surface area contributed by atoms with Gasteiger partial charge in [0.25, 0.3) is 0 Å². The van der Waals surface area contributed by atoms with Crippen LogP contribution in [0.5, 0.6) is 0 Å². The van der Waals surface area contributed by atoms with Gasteiger partial charge in [-0.25, -0.2) is 13.6 Å². The van der Waals surface area contributed by atoms with Gasteiger partial charge in [0.15, 0.2) is 11.4 Å². The van der Waals surface area contributed by atoms with Gasteiger partial charge in [-0.2, -0.15) is 5.10 Å². The summed E-state index contributed by atoms with van der Waals surface area (Å²) >= 11 is 0. The number of carbonyl (C=O) groups is 1.